The number of phenols is 1. The number of phenolic OH excluding ortho intramolecular Hbond substituents is 1. The molecule has 2 aromatic rings. The summed E-state index contributed by atoms with van der Waals surface area (Å²) < 4.78 is 23.5. The molecule has 0 aliphatic heterocycles. The lowest BCUT2D eigenvalue weighted by Crippen LogP contribution is -2.18. The highest BCUT2D eigenvalue weighted by Gasteiger charge is 2.19. The van der Waals surface area contributed by atoms with Crippen molar-refractivity contribution in [3.8, 4) is 5.75 Å². The number of benzene rings is 1. The van der Waals surface area contributed by atoms with Crippen molar-refractivity contribution in [2.75, 3.05) is 5.32 Å². The number of hydrazone groups is 1. The van der Waals surface area contributed by atoms with Gasteiger partial charge in [-0.1, -0.05) is 11.3 Å². The summed E-state index contributed by atoms with van der Waals surface area (Å²) in [7, 11) is -3.96. The van der Waals surface area contributed by atoms with Gasteiger partial charge in [0, 0.05) is 6.92 Å². The second-order valence-electron chi connectivity index (χ2n) is 4.00. The smallest absolute Gasteiger partial charge is 0.305 e. The second-order valence-corrected chi connectivity index (χ2v) is 6.81. The van der Waals surface area contributed by atoms with Gasteiger partial charge in [-0.15, -0.1) is 10.2 Å². The summed E-state index contributed by atoms with van der Waals surface area (Å²) in [5, 5.41) is 22.1. The van der Waals surface area contributed by atoms with Crippen LogP contribution in [-0.4, -0.2) is 35.8 Å². The lowest BCUT2D eigenvalue weighted by atomic mass is 10.2. The lowest BCUT2D eigenvalue weighted by Gasteiger charge is -1.98. The van der Waals surface area contributed by atoms with Crippen LogP contribution in [0.15, 0.2) is 33.7 Å². The summed E-state index contributed by atoms with van der Waals surface area (Å²) >= 11 is 0.705. The lowest BCUT2D eigenvalue weighted by molar-refractivity contribution is -0.114. The molecule has 0 aliphatic rings. The topological polar surface area (TPSA) is 134 Å². The molecular weight excluding hydrogens is 330 g/mol. The molecule has 2 rings (SSSR count). The predicted octanol–water partition coefficient (Wildman–Crippen LogP) is 0.514. The number of anilines is 1. The maximum absolute atomic E-state index is 11.9. The van der Waals surface area contributed by atoms with Crippen molar-refractivity contribution in [1.82, 2.24) is 15.0 Å². The van der Waals surface area contributed by atoms with Gasteiger partial charge < -0.3 is 10.4 Å². The van der Waals surface area contributed by atoms with E-state index in [-0.39, 0.29) is 21.1 Å². The molecule has 0 bridgehead atoms. The SMILES string of the molecule is CC(=O)Nc1nnc(S(=O)(=O)N/N=C/c2ccc(O)cc2)s1. The van der Waals surface area contributed by atoms with Crippen LogP contribution in [-0.2, 0) is 14.8 Å². The fraction of sp³-hybridized carbons (Fsp3) is 0.0909. The highest BCUT2D eigenvalue weighted by atomic mass is 32.2. The maximum Gasteiger partial charge on any atom is 0.305 e. The number of hydrogen-bond donors (Lipinski definition) is 3. The van der Waals surface area contributed by atoms with Crippen molar-refractivity contribution in [1.29, 1.82) is 0 Å². The highest BCUT2D eigenvalue weighted by Crippen LogP contribution is 2.19. The molecule has 1 heterocycles. The van der Waals surface area contributed by atoms with Crippen LogP contribution < -0.4 is 10.1 Å². The van der Waals surface area contributed by atoms with Gasteiger partial charge in [-0.05, 0) is 29.8 Å². The van der Waals surface area contributed by atoms with E-state index in [4.69, 9.17) is 5.11 Å². The zero-order valence-electron chi connectivity index (χ0n) is 11.2. The molecule has 0 saturated heterocycles. The van der Waals surface area contributed by atoms with E-state index in [1.807, 2.05) is 4.83 Å². The number of aromatic hydroxyl groups is 1. The first-order chi connectivity index (χ1) is 10.4. The molecule has 0 spiro atoms. The van der Waals surface area contributed by atoms with E-state index >= 15 is 0 Å². The third kappa shape index (κ3) is 4.23. The van der Waals surface area contributed by atoms with Crippen LogP contribution in [0.3, 0.4) is 0 Å². The van der Waals surface area contributed by atoms with Crippen LogP contribution in [0, 0.1) is 0 Å². The molecule has 116 valence electrons. The van der Waals surface area contributed by atoms with Crippen molar-refractivity contribution < 1.29 is 18.3 Å². The number of carbonyl (C=O) groups excluding carboxylic acids is 1. The molecule has 0 atom stereocenters. The fourth-order valence-electron chi connectivity index (χ4n) is 1.29. The van der Waals surface area contributed by atoms with Gasteiger partial charge in [-0.3, -0.25) is 4.79 Å². The molecule has 9 nitrogen and oxygen atoms in total. The number of sulfonamides is 1. The monoisotopic (exact) mass is 341 g/mol. The molecule has 1 aromatic heterocycles. The standard InChI is InChI=1S/C11H11N5O4S2/c1-7(17)13-10-14-15-11(21-10)22(19,20)16-12-6-8-2-4-9(18)5-3-8/h2-6,16,18H,1H3,(H,13,14,17)/b12-6+. The predicted molar refractivity (Wildman–Crippen MR) is 80.2 cm³/mol. The molecule has 0 saturated carbocycles. The number of carbonyl (C=O) groups is 1. The Morgan fingerprint density at radius 3 is 2.64 bits per heavy atom. The molecular formula is C11H11N5O4S2. The number of nitrogens with zero attached hydrogens (tertiary/aromatic N) is 3. The minimum atomic E-state index is -3.96. The Morgan fingerprint density at radius 1 is 1.32 bits per heavy atom. The largest absolute Gasteiger partial charge is 0.508 e. The van der Waals surface area contributed by atoms with Crippen LogP contribution in [0.1, 0.15) is 12.5 Å². The van der Waals surface area contributed by atoms with Gasteiger partial charge in [0.25, 0.3) is 4.34 Å². The summed E-state index contributed by atoms with van der Waals surface area (Å²) in [6.07, 6.45) is 1.27. The van der Waals surface area contributed by atoms with Crippen LogP contribution in [0.4, 0.5) is 5.13 Å². The molecule has 0 radical (unpaired) electrons. The first-order valence-corrected chi connectivity index (χ1v) is 8.12. The minimum absolute atomic E-state index is 0.0791. The summed E-state index contributed by atoms with van der Waals surface area (Å²) in [5.41, 5.74) is 0.594. The Balaban J connectivity index is 2.06. The number of nitrogens with one attached hydrogen (secondary N) is 2. The number of aromatic nitrogens is 2. The van der Waals surface area contributed by atoms with Gasteiger partial charge in [-0.2, -0.15) is 18.4 Å². The average Bonchev–Trinajstić information content (AvgIpc) is 2.89. The molecule has 1 aromatic carbocycles. The van der Waals surface area contributed by atoms with Gasteiger partial charge >= 0.3 is 10.0 Å². The Labute approximate surface area is 129 Å². The van der Waals surface area contributed by atoms with E-state index in [0.717, 1.165) is 0 Å². The Kier molecular flexibility index (Phi) is 4.68. The third-order valence-corrected chi connectivity index (χ3v) is 4.63. The van der Waals surface area contributed by atoms with Crippen LogP contribution in [0.5, 0.6) is 5.75 Å². The molecule has 0 fully saturated rings. The number of hydrogen-bond acceptors (Lipinski definition) is 8. The Hall–Kier alpha value is -2.53. The molecule has 3 N–H and O–H groups in total. The van der Waals surface area contributed by atoms with E-state index in [0.29, 0.717) is 16.9 Å². The van der Waals surface area contributed by atoms with Crippen molar-refractivity contribution in [3.63, 3.8) is 0 Å². The Morgan fingerprint density at radius 2 is 2.00 bits per heavy atom. The minimum Gasteiger partial charge on any atom is -0.508 e. The van der Waals surface area contributed by atoms with Gasteiger partial charge in [0.15, 0.2) is 0 Å². The normalized spacial score (nSPS) is 11.5. The number of amides is 1. The molecule has 1 amide bonds. The molecule has 0 aliphatic carbocycles. The van der Waals surface area contributed by atoms with E-state index in [1.54, 1.807) is 12.1 Å². The van der Waals surface area contributed by atoms with Gasteiger partial charge in [-0.25, -0.2) is 0 Å². The molecule has 22 heavy (non-hydrogen) atoms. The third-order valence-electron chi connectivity index (χ3n) is 2.20. The van der Waals surface area contributed by atoms with Gasteiger partial charge in [0.05, 0.1) is 6.21 Å². The first kappa shape index (κ1) is 15.9. The van der Waals surface area contributed by atoms with Gasteiger partial charge in [0.1, 0.15) is 5.75 Å². The van der Waals surface area contributed by atoms with E-state index in [2.05, 4.69) is 20.6 Å². The van der Waals surface area contributed by atoms with E-state index in [1.165, 1.54) is 25.3 Å². The van der Waals surface area contributed by atoms with E-state index < -0.39 is 10.0 Å². The van der Waals surface area contributed by atoms with Crippen molar-refractivity contribution in [2.45, 2.75) is 11.3 Å². The Bertz CT molecular complexity index is 798. The number of rotatable bonds is 5. The van der Waals surface area contributed by atoms with Crippen molar-refractivity contribution in [3.05, 3.63) is 29.8 Å². The van der Waals surface area contributed by atoms with Crippen molar-refractivity contribution in [2.24, 2.45) is 5.10 Å². The zero-order chi connectivity index (χ0) is 16.2. The summed E-state index contributed by atoms with van der Waals surface area (Å²) in [5.74, 6) is -0.282. The fourth-order valence-corrected chi connectivity index (χ4v) is 3.02. The second kappa shape index (κ2) is 6.49. The molecule has 11 heteroatoms. The van der Waals surface area contributed by atoms with Crippen LogP contribution in [0.25, 0.3) is 0 Å². The van der Waals surface area contributed by atoms with Gasteiger partial charge in [0.2, 0.25) is 11.0 Å². The summed E-state index contributed by atoms with van der Waals surface area (Å²) in [6, 6.07) is 6.01. The quantitative estimate of drug-likeness (QED) is 0.412. The maximum atomic E-state index is 11.9. The molecule has 0 unspecified atom stereocenters. The first-order valence-electron chi connectivity index (χ1n) is 5.82. The van der Waals surface area contributed by atoms with Crippen molar-refractivity contribution >= 4 is 38.6 Å². The zero-order valence-corrected chi connectivity index (χ0v) is 12.8. The van der Waals surface area contributed by atoms with Crippen LogP contribution in [0.2, 0.25) is 0 Å². The highest BCUT2D eigenvalue weighted by molar-refractivity contribution is 7.91. The summed E-state index contributed by atoms with van der Waals surface area (Å²) in [6.45, 7) is 1.27. The average molecular weight is 341 g/mol. The van der Waals surface area contributed by atoms with E-state index in [9.17, 15) is 13.2 Å². The van der Waals surface area contributed by atoms with Crippen LogP contribution >= 0.6 is 11.3 Å². The summed E-state index contributed by atoms with van der Waals surface area (Å²) in [4.78, 5) is 12.8.